The number of hydrogen-bond donors (Lipinski definition) is 0. The molecule has 88 valence electrons. The minimum absolute atomic E-state index is 0.198. The van der Waals surface area contributed by atoms with E-state index < -0.39 is 12.4 Å². The van der Waals surface area contributed by atoms with E-state index in [0.717, 1.165) is 6.07 Å². The summed E-state index contributed by atoms with van der Waals surface area (Å²) in [6, 6.07) is 3.83. The molecule has 1 aromatic rings. The Morgan fingerprint density at radius 1 is 1.38 bits per heavy atom. The van der Waals surface area contributed by atoms with Crippen LogP contribution < -0.4 is 10.2 Å². The zero-order valence-electron chi connectivity index (χ0n) is 9.05. The molecule has 0 unspecified atom stereocenters. The van der Waals surface area contributed by atoms with Gasteiger partial charge in [0, 0.05) is 0 Å². The van der Waals surface area contributed by atoms with Gasteiger partial charge in [-0.25, -0.2) is 0 Å². The summed E-state index contributed by atoms with van der Waals surface area (Å²) in [5, 5.41) is 0. The molecule has 1 nitrogen and oxygen atoms in total. The van der Waals surface area contributed by atoms with Gasteiger partial charge in [0.1, 0.15) is 5.75 Å². The van der Waals surface area contributed by atoms with Gasteiger partial charge in [-0.1, -0.05) is 17.7 Å². The van der Waals surface area contributed by atoms with Gasteiger partial charge in [0.15, 0.2) is 0 Å². The molecule has 0 aliphatic carbocycles. The van der Waals surface area contributed by atoms with E-state index in [9.17, 15) is 12.9 Å². The second-order valence-electron chi connectivity index (χ2n) is 3.52. The summed E-state index contributed by atoms with van der Waals surface area (Å²) in [5.41, 5.74) is -0.361. The van der Waals surface area contributed by atoms with E-state index in [-0.39, 0.29) is 5.56 Å². The second kappa shape index (κ2) is 5.10. The third-order valence-corrected chi connectivity index (χ3v) is 2.18. The minimum Gasteiger partial charge on any atom is -0.493 e. The molecular weight excluding hydrogens is 216 g/mol. The predicted octanol–water partition coefficient (Wildman–Crippen LogP) is 3.00. The molecule has 16 heavy (non-hydrogen) atoms. The fourth-order valence-corrected chi connectivity index (χ4v) is 1.37. The normalized spacial score (nSPS) is 11.2. The zero-order chi connectivity index (χ0) is 12.2. The van der Waals surface area contributed by atoms with Gasteiger partial charge in [-0.2, -0.15) is 0 Å². The molecule has 0 spiro atoms. The molecule has 0 fully saturated rings. The van der Waals surface area contributed by atoms with E-state index >= 15 is 0 Å². The molecule has 0 bridgehead atoms. The molecular formula is C11H13BF3O-. The Balaban J connectivity index is 2.79. The van der Waals surface area contributed by atoms with Gasteiger partial charge in [0.25, 0.3) is 0 Å². The van der Waals surface area contributed by atoms with Gasteiger partial charge in [-0.05, 0) is 25.5 Å². The SMILES string of the molecule is C=CCCOc1ccc([B-](F)(F)F)c(C)c1. The van der Waals surface area contributed by atoms with E-state index in [2.05, 4.69) is 6.58 Å². The van der Waals surface area contributed by atoms with Gasteiger partial charge >= 0.3 is 6.98 Å². The molecule has 0 aliphatic rings. The average Bonchev–Trinajstić information content (AvgIpc) is 2.16. The largest absolute Gasteiger partial charge is 0.509 e. The summed E-state index contributed by atoms with van der Waals surface area (Å²) in [6.45, 7) is 0.459. The molecule has 5 heteroatoms. The van der Waals surface area contributed by atoms with Crippen molar-refractivity contribution in [1.29, 1.82) is 0 Å². The molecule has 0 saturated carbocycles. The summed E-state index contributed by atoms with van der Waals surface area (Å²) < 4.78 is 42.7. The molecule has 0 aromatic heterocycles. The zero-order valence-corrected chi connectivity index (χ0v) is 9.05. The predicted molar refractivity (Wildman–Crippen MR) is 60.2 cm³/mol. The van der Waals surface area contributed by atoms with Gasteiger partial charge in [-0.3, -0.25) is 0 Å². The van der Waals surface area contributed by atoms with Crippen LogP contribution in [0.2, 0.25) is 0 Å². The Bertz CT molecular complexity index is 374. The molecule has 0 atom stereocenters. The highest BCUT2D eigenvalue weighted by atomic mass is 19.4. The monoisotopic (exact) mass is 229 g/mol. The quantitative estimate of drug-likeness (QED) is 0.428. The first-order chi connectivity index (χ1) is 7.45. The maximum absolute atomic E-state index is 12.5. The Labute approximate surface area is 93.0 Å². The highest BCUT2D eigenvalue weighted by Crippen LogP contribution is 2.17. The van der Waals surface area contributed by atoms with Crippen LogP contribution in [0.1, 0.15) is 12.0 Å². The Hall–Kier alpha value is -1.39. The molecule has 0 N–H and O–H groups in total. The topological polar surface area (TPSA) is 9.23 Å². The van der Waals surface area contributed by atoms with Crippen LogP contribution in [0.4, 0.5) is 12.9 Å². The van der Waals surface area contributed by atoms with Crippen LogP contribution in [0.25, 0.3) is 0 Å². The first kappa shape index (κ1) is 12.7. The van der Waals surface area contributed by atoms with Gasteiger partial charge in [0.2, 0.25) is 0 Å². The summed E-state index contributed by atoms with van der Waals surface area (Å²) in [4.78, 5) is 0. The number of ether oxygens (including phenoxy) is 1. The van der Waals surface area contributed by atoms with Crippen LogP contribution in [0.3, 0.4) is 0 Å². The van der Waals surface area contributed by atoms with Crippen molar-refractivity contribution in [3.63, 3.8) is 0 Å². The van der Waals surface area contributed by atoms with Gasteiger partial charge in [-0.15, -0.1) is 12.0 Å². The van der Waals surface area contributed by atoms with Gasteiger partial charge in [0.05, 0.1) is 6.61 Å². The van der Waals surface area contributed by atoms with Gasteiger partial charge < -0.3 is 17.7 Å². The Morgan fingerprint density at radius 2 is 2.06 bits per heavy atom. The van der Waals surface area contributed by atoms with Crippen molar-refractivity contribution in [2.45, 2.75) is 13.3 Å². The first-order valence-electron chi connectivity index (χ1n) is 4.99. The maximum Gasteiger partial charge on any atom is 0.509 e. The van der Waals surface area contributed by atoms with Crippen LogP contribution >= 0.6 is 0 Å². The standard InChI is InChI=1S/C11H13BF3O/c1-3-4-7-16-10-5-6-11(9(2)8-10)12(13,14)15/h3,5-6,8H,1,4,7H2,2H3/q-1. The van der Waals surface area contributed by atoms with Crippen molar-refractivity contribution in [3.8, 4) is 5.75 Å². The number of aryl methyl sites for hydroxylation is 1. The van der Waals surface area contributed by atoms with Crippen molar-refractivity contribution < 1.29 is 17.7 Å². The molecule has 0 radical (unpaired) electrons. The van der Waals surface area contributed by atoms with Crippen molar-refractivity contribution in [2.24, 2.45) is 0 Å². The second-order valence-corrected chi connectivity index (χ2v) is 3.52. The number of benzene rings is 1. The van der Waals surface area contributed by atoms with E-state index in [1.54, 1.807) is 6.08 Å². The Kier molecular flexibility index (Phi) is 4.04. The summed E-state index contributed by atoms with van der Waals surface area (Å²) in [6.07, 6.45) is 2.37. The van der Waals surface area contributed by atoms with Crippen LogP contribution in [0.5, 0.6) is 5.75 Å². The molecule has 0 saturated heterocycles. The minimum atomic E-state index is -4.94. The van der Waals surface area contributed by atoms with Crippen LogP contribution in [-0.4, -0.2) is 13.6 Å². The fourth-order valence-electron chi connectivity index (χ4n) is 1.37. The molecule has 0 amide bonds. The highest BCUT2D eigenvalue weighted by Gasteiger charge is 2.27. The lowest BCUT2D eigenvalue weighted by atomic mass is 9.77. The van der Waals surface area contributed by atoms with Crippen LogP contribution in [0.15, 0.2) is 30.9 Å². The van der Waals surface area contributed by atoms with E-state index in [4.69, 9.17) is 4.74 Å². The smallest absolute Gasteiger partial charge is 0.493 e. The molecule has 1 rings (SSSR count). The summed E-state index contributed by atoms with van der Waals surface area (Å²) in [5.74, 6) is 0.461. The molecule has 0 aliphatic heterocycles. The van der Waals surface area contributed by atoms with Crippen LogP contribution in [-0.2, 0) is 0 Å². The highest BCUT2D eigenvalue weighted by molar-refractivity contribution is 6.74. The fraction of sp³-hybridized carbons (Fsp3) is 0.273. The van der Waals surface area contributed by atoms with Crippen LogP contribution in [0, 0.1) is 6.92 Å². The van der Waals surface area contributed by atoms with Crippen molar-refractivity contribution in [1.82, 2.24) is 0 Å². The van der Waals surface area contributed by atoms with Crippen molar-refractivity contribution in [2.75, 3.05) is 6.61 Å². The third-order valence-electron chi connectivity index (χ3n) is 2.18. The Morgan fingerprint density at radius 3 is 2.56 bits per heavy atom. The lowest BCUT2D eigenvalue weighted by molar-refractivity contribution is 0.325. The number of halogens is 3. The van der Waals surface area contributed by atoms with E-state index in [1.165, 1.54) is 19.1 Å². The first-order valence-corrected chi connectivity index (χ1v) is 4.99. The van der Waals surface area contributed by atoms with Crippen molar-refractivity contribution >= 4 is 12.4 Å². The lowest BCUT2D eigenvalue weighted by Gasteiger charge is -2.18. The third kappa shape index (κ3) is 3.33. The summed E-state index contributed by atoms with van der Waals surface area (Å²) in [7, 11) is 0. The molecule has 1 aromatic carbocycles. The number of rotatable bonds is 5. The maximum atomic E-state index is 12.5. The van der Waals surface area contributed by atoms with E-state index in [0.29, 0.717) is 18.8 Å². The molecule has 0 heterocycles. The van der Waals surface area contributed by atoms with Crippen molar-refractivity contribution in [3.05, 3.63) is 36.4 Å². The lowest BCUT2D eigenvalue weighted by Crippen LogP contribution is -2.35. The average molecular weight is 229 g/mol. The number of hydrogen-bond acceptors (Lipinski definition) is 1. The summed E-state index contributed by atoms with van der Waals surface area (Å²) >= 11 is 0. The van der Waals surface area contributed by atoms with E-state index in [1.807, 2.05) is 0 Å².